The van der Waals surface area contributed by atoms with Crippen molar-refractivity contribution in [3.63, 3.8) is 0 Å². The highest BCUT2D eigenvalue weighted by atomic mass is 16.3. The highest BCUT2D eigenvalue weighted by molar-refractivity contribution is 5.95. The third-order valence-corrected chi connectivity index (χ3v) is 4.95. The van der Waals surface area contributed by atoms with Gasteiger partial charge in [0.2, 0.25) is 0 Å². The molecule has 1 saturated heterocycles. The molecule has 126 valence electrons. The van der Waals surface area contributed by atoms with Gasteiger partial charge in [0.1, 0.15) is 0 Å². The first-order valence-electron chi connectivity index (χ1n) is 8.56. The van der Waals surface area contributed by atoms with E-state index in [1.165, 1.54) is 0 Å². The van der Waals surface area contributed by atoms with E-state index in [2.05, 4.69) is 11.9 Å². The van der Waals surface area contributed by atoms with Crippen molar-refractivity contribution in [3.8, 4) is 11.3 Å². The molecule has 2 unspecified atom stereocenters. The Morgan fingerprint density at radius 2 is 2.00 bits per heavy atom. The van der Waals surface area contributed by atoms with E-state index in [0.717, 1.165) is 29.8 Å². The Hall–Kier alpha value is -2.20. The van der Waals surface area contributed by atoms with E-state index >= 15 is 0 Å². The minimum Gasteiger partial charge on any atom is -0.394 e. The number of likely N-dealkylation sites (tertiary alicyclic amines) is 1. The van der Waals surface area contributed by atoms with E-state index in [4.69, 9.17) is 0 Å². The first kappa shape index (κ1) is 16.7. The van der Waals surface area contributed by atoms with E-state index in [-0.39, 0.29) is 18.6 Å². The second-order valence-corrected chi connectivity index (χ2v) is 6.56. The van der Waals surface area contributed by atoms with Gasteiger partial charge in [-0.05, 0) is 37.8 Å². The molecule has 1 aromatic heterocycles. The number of carbonyl (C=O) groups is 1. The third kappa shape index (κ3) is 3.20. The average molecular weight is 324 g/mol. The maximum absolute atomic E-state index is 13.0. The minimum absolute atomic E-state index is 0.0154. The first-order valence-corrected chi connectivity index (χ1v) is 8.56. The highest BCUT2D eigenvalue weighted by Gasteiger charge is 2.32. The van der Waals surface area contributed by atoms with Gasteiger partial charge in [-0.25, -0.2) is 0 Å². The van der Waals surface area contributed by atoms with Crippen molar-refractivity contribution in [3.05, 3.63) is 53.7 Å². The maximum atomic E-state index is 13.0. The molecule has 0 bridgehead atoms. The lowest BCUT2D eigenvalue weighted by Gasteiger charge is -2.39. The Balaban J connectivity index is 1.88. The van der Waals surface area contributed by atoms with Gasteiger partial charge < -0.3 is 10.0 Å². The first-order chi connectivity index (χ1) is 11.6. The van der Waals surface area contributed by atoms with Gasteiger partial charge in [0.05, 0.1) is 29.6 Å². The summed E-state index contributed by atoms with van der Waals surface area (Å²) in [4.78, 5) is 19.4. The van der Waals surface area contributed by atoms with Crippen LogP contribution in [0.2, 0.25) is 0 Å². The van der Waals surface area contributed by atoms with Crippen LogP contribution in [0.3, 0.4) is 0 Å². The maximum Gasteiger partial charge on any atom is 0.256 e. The summed E-state index contributed by atoms with van der Waals surface area (Å²) in [5, 5.41) is 9.68. The number of rotatable bonds is 3. The van der Waals surface area contributed by atoms with Crippen molar-refractivity contribution in [2.24, 2.45) is 5.92 Å². The van der Waals surface area contributed by atoms with Crippen molar-refractivity contribution in [1.82, 2.24) is 9.88 Å². The number of hydrogen-bond acceptors (Lipinski definition) is 3. The van der Waals surface area contributed by atoms with Crippen LogP contribution in [0.4, 0.5) is 0 Å². The quantitative estimate of drug-likeness (QED) is 0.942. The van der Waals surface area contributed by atoms with Crippen LogP contribution in [-0.2, 0) is 0 Å². The predicted molar refractivity (Wildman–Crippen MR) is 94.7 cm³/mol. The molecule has 4 heteroatoms. The molecule has 0 radical (unpaired) electrons. The van der Waals surface area contributed by atoms with Crippen LogP contribution < -0.4 is 0 Å². The van der Waals surface area contributed by atoms with Crippen LogP contribution in [0.1, 0.15) is 35.8 Å². The van der Waals surface area contributed by atoms with Crippen LogP contribution in [0, 0.1) is 12.8 Å². The van der Waals surface area contributed by atoms with Gasteiger partial charge in [-0.2, -0.15) is 0 Å². The fourth-order valence-electron chi connectivity index (χ4n) is 3.49. The summed E-state index contributed by atoms with van der Waals surface area (Å²) in [6.07, 6.45) is 2.04. The lowest BCUT2D eigenvalue weighted by atomic mass is 9.90. The number of carbonyl (C=O) groups excluding carboxylic acids is 1. The topological polar surface area (TPSA) is 53.4 Å². The van der Waals surface area contributed by atoms with Gasteiger partial charge in [0.25, 0.3) is 5.91 Å². The number of aliphatic hydroxyl groups excluding tert-OH is 1. The van der Waals surface area contributed by atoms with Crippen LogP contribution in [0.5, 0.6) is 0 Å². The van der Waals surface area contributed by atoms with Crippen molar-refractivity contribution < 1.29 is 9.90 Å². The smallest absolute Gasteiger partial charge is 0.256 e. The SMILES string of the molecule is Cc1nc(-c2ccccc2)ccc1C(=O)N1CCCC(C)C1CO. The Morgan fingerprint density at radius 1 is 1.25 bits per heavy atom. The fourth-order valence-corrected chi connectivity index (χ4v) is 3.49. The van der Waals surface area contributed by atoms with Gasteiger partial charge >= 0.3 is 0 Å². The molecule has 4 nitrogen and oxygen atoms in total. The molecule has 1 aromatic carbocycles. The number of aliphatic hydroxyl groups is 1. The molecule has 3 rings (SSSR count). The van der Waals surface area contributed by atoms with Crippen LogP contribution >= 0.6 is 0 Å². The van der Waals surface area contributed by atoms with Gasteiger partial charge in [-0.15, -0.1) is 0 Å². The van der Waals surface area contributed by atoms with Crippen molar-refractivity contribution in [2.45, 2.75) is 32.7 Å². The predicted octanol–water partition coefficient (Wildman–Crippen LogP) is 3.29. The zero-order valence-corrected chi connectivity index (χ0v) is 14.3. The molecule has 1 aliphatic heterocycles. The number of hydrogen-bond donors (Lipinski definition) is 1. The molecule has 1 amide bonds. The van der Waals surface area contributed by atoms with E-state index in [9.17, 15) is 9.90 Å². The number of piperidine rings is 1. The van der Waals surface area contributed by atoms with Crippen molar-refractivity contribution in [1.29, 1.82) is 0 Å². The third-order valence-electron chi connectivity index (χ3n) is 4.95. The lowest BCUT2D eigenvalue weighted by Crippen LogP contribution is -2.49. The van der Waals surface area contributed by atoms with Gasteiger partial charge in [-0.3, -0.25) is 9.78 Å². The van der Waals surface area contributed by atoms with Crippen LogP contribution in [0.25, 0.3) is 11.3 Å². The Bertz CT molecular complexity index is 715. The molecular formula is C20H24N2O2. The fraction of sp³-hybridized carbons (Fsp3) is 0.400. The molecule has 0 spiro atoms. The number of amides is 1. The zero-order chi connectivity index (χ0) is 17.1. The Labute approximate surface area is 143 Å². The molecule has 2 heterocycles. The second-order valence-electron chi connectivity index (χ2n) is 6.56. The molecule has 2 atom stereocenters. The summed E-state index contributed by atoms with van der Waals surface area (Å²) >= 11 is 0. The molecule has 1 fully saturated rings. The van der Waals surface area contributed by atoms with Gasteiger partial charge in [0, 0.05) is 12.1 Å². The number of nitrogens with zero attached hydrogens (tertiary/aromatic N) is 2. The summed E-state index contributed by atoms with van der Waals surface area (Å²) in [7, 11) is 0. The number of benzene rings is 1. The molecule has 1 aliphatic rings. The Morgan fingerprint density at radius 3 is 2.67 bits per heavy atom. The zero-order valence-electron chi connectivity index (χ0n) is 14.3. The van der Waals surface area contributed by atoms with E-state index in [0.29, 0.717) is 18.0 Å². The average Bonchev–Trinajstić information content (AvgIpc) is 2.61. The van der Waals surface area contributed by atoms with E-state index in [1.54, 1.807) is 0 Å². The van der Waals surface area contributed by atoms with Crippen LogP contribution in [0.15, 0.2) is 42.5 Å². The summed E-state index contributed by atoms with van der Waals surface area (Å²) in [5.41, 5.74) is 3.27. The molecule has 2 aromatic rings. The van der Waals surface area contributed by atoms with Gasteiger partial charge in [-0.1, -0.05) is 37.3 Å². The van der Waals surface area contributed by atoms with E-state index in [1.807, 2.05) is 54.3 Å². The second kappa shape index (κ2) is 7.14. The monoisotopic (exact) mass is 324 g/mol. The summed E-state index contributed by atoms with van der Waals surface area (Å²) < 4.78 is 0. The normalized spacial score (nSPS) is 20.9. The molecule has 0 saturated carbocycles. The molecule has 24 heavy (non-hydrogen) atoms. The number of aryl methyl sites for hydroxylation is 1. The minimum atomic E-state index is -0.0977. The van der Waals surface area contributed by atoms with Gasteiger partial charge in [0.15, 0.2) is 0 Å². The van der Waals surface area contributed by atoms with Crippen LogP contribution in [-0.4, -0.2) is 40.1 Å². The van der Waals surface area contributed by atoms with Crippen molar-refractivity contribution in [2.75, 3.05) is 13.2 Å². The summed E-state index contributed by atoms with van der Waals surface area (Å²) in [5.74, 6) is 0.301. The largest absolute Gasteiger partial charge is 0.394 e. The summed E-state index contributed by atoms with van der Waals surface area (Å²) in [6, 6.07) is 13.6. The number of aromatic nitrogens is 1. The number of pyridine rings is 1. The summed E-state index contributed by atoms with van der Waals surface area (Å²) in [6.45, 7) is 4.70. The standard InChI is InChI=1S/C20H24N2O2/c1-14-7-6-12-22(19(14)13-23)20(24)17-10-11-18(21-15(17)2)16-8-4-3-5-9-16/h3-5,8-11,14,19,23H,6-7,12-13H2,1-2H3. The van der Waals surface area contributed by atoms with E-state index < -0.39 is 0 Å². The highest BCUT2D eigenvalue weighted by Crippen LogP contribution is 2.26. The Kier molecular flexibility index (Phi) is 4.95. The lowest BCUT2D eigenvalue weighted by molar-refractivity contribution is 0.0357. The molecule has 0 aliphatic carbocycles. The molecular weight excluding hydrogens is 300 g/mol. The van der Waals surface area contributed by atoms with Crippen molar-refractivity contribution >= 4 is 5.91 Å². The molecule has 1 N–H and O–H groups in total.